The predicted molar refractivity (Wildman–Crippen MR) is 42.2 cm³/mol. The topological polar surface area (TPSA) is 37.3 Å². The van der Waals surface area contributed by atoms with Crippen LogP contribution in [0.3, 0.4) is 0 Å². The maximum absolute atomic E-state index is 10.2. The zero-order valence-corrected chi connectivity index (χ0v) is 6.24. The van der Waals surface area contributed by atoms with Crippen LogP contribution < -0.4 is 0 Å². The van der Waals surface area contributed by atoms with Crippen LogP contribution in [0, 0.1) is 0 Å². The summed E-state index contributed by atoms with van der Waals surface area (Å²) >= 11 is 0. The van der Waals surface area contributed by atoms with Crippen LogP contribution in [-0.4, -0.2) is 11.4 Å². The molecule has 1 unspecified atom stereocenters. The zero-order valence-electron chi connectivity index (χ0n) is 6.24. The number of benzene rings is 1. The smallest absolute Gasteiger partial charge is 0.206 e. The van der Waals surface area contributed by atoms with Crippen molar-refractivity contribution in [3.05, 3.63) is 29.8 Å². The van der Waals surface area contributed by atoms with E-state index in [2.05, 4.69) is 0 Å². The summed E-state index contributed by atoms with van der Waals surface area (Å²) in [6, 6.07) is 6.63. The second kappa shape index (κ2) is 3.19. The molecule has 2 nitrogen and oxygen atoms in total. The molecule has 0 saturated carbocycles. The van der Waals surface area contributed by atoms with Gasteiger partial charge in [0.25, 0.3) is 0 Å². The quantitative estimate of drug-likeness (QED) is 0.693. The summed E-state index contributed by atoms with van der Waals surface area (Å²) in [6.45, 7) is 1.74. The van der Waals surface area contributed by atoms with E-state index in [1.54, 1.807) is 31.2 Å². The van der Waals surface area contributed by atoms with E-state index in [-0.39, 0.29) is 11.7 Å². The Hall–Kier alpha value is -1.31. The van der Waals surface area contributed by atoms with E-state index in [9.17, 15) is 4.79 Å². The van der Waals surface area contributed by atoms with Crippen molar-refractivity contribution in [1.29, 1.82) is 0 Å². The van der Waals surface area contributed by atoms with Gasteiger partial charge in [0, 0.05) is 5.92 Å². The van der Waals surface area contributed by atoms with Crippen LogP contribution in [0.4, 0.5) is 0 Å². The highest BCUT2D eigenvalue weighted by Crippen LogP contribution is 2.17. The number of rotatable bonds is 2. The molecule has 0 heterocycles. The largest absolute Gasteiger partial charge is 0.508 e. The SMILES string of the molecule is CC([C]=O)c1cccc(O)c1. The highest BCUT2D eigenvalue weighted by Gasteiger charge is 2.03. The monoisotopic (exact) mass is 149 g/mol. The fraction of sp³-hybridized carbons (Fsp3) is 0.222. The van der Waals surface area contributed by atoms with Gasteiger partial charge in [-0.3, -0.25) is 4.79 Å². The first-order valence-electron chi connectivity index (χ1n) is 3.40. The van der Waals surface area contributed by atoms with Gasteiger partial charge in [-0.25, -0.2) is 0 Å². The molecule has 1 aromatic carbocycles. The number of carbonyl (C=O) groups excluding carboxylic acids is 1. The van der Waals surface area contributed by atoms with E-state index in [1.807, 2.05) is 6.29 Å². The van der Waals surface area contributed by atoms with Crippen LogP contribution in [0.2, 0.25) is 0 Å². The van der Waals surface area contributed by atoms with Crippen molar-refractivity contribution < 1.29 is 9.90 Å². The van der Waals surface area contributed by atoms with Crippen molar-refractivity contribution >= 4 is 6.29 Å². The highest BCUT2D eigenvalue weighted by molar-refractivity contribution is 5.62. The Morgan fingerprint density at radius 3 is 2.82 bits per heavy atom. The third-order valence-corrected chi connectivity index (χ3v) is 1.55. The maximum atomic E-state index is 10.2. The molecule has 0 amide bonds. The van der Waals surface area contributed by atoms with Crippen molar-refractivity contribution in [2.24, 2.45) is 0 Å². The molecule has 0 fully saturated rings. The molecule has 1 atom stereocenters. The van der Waals surface area contributed by atoms with Crippen LogP contribution in [0.15, 0.2) is 24.3 Å². The Morgan fingerprint density at radius 2 is 2.27 bits per heavy atom. The second-order valence-electron chi connectivity index (χ2n) is 2.43. The molecule has 0 aliphatic rings. The molecule has 11 heavy (non-hydrogen) atoms. The van der Waals surface area contributed by atoms with Crippen LogP contribution in [0.25, 0.3) is 0 Å². The van der Waals surface area contributed by atoms with E-state index in [0.29, 0.717) is 0 Å². The number of phenols is 1. The van der Waals surface area contributed by atoms with E-state index in [0.717, 1.165) is 5.56 Å². The van der Waals surface area contributed by atoms with Gasteiger partial charge in [-0.15, -0.1) is 0 Å². The molecular formula is C9H9O2. The van der Waals surface area contributed by atoms with E-state index in [1.165, 1.54) is 0 Å². The molecule has 0 aliphatic heterocycles. The minimum atomic E-state index is -0.262. The molecule has 2 heteroatoms. The lowest BCUT2D eigenvalue weighted by Crippen LogP contribution is -1.92. The molecule has 1 radical (unpaired) electrons. The third kappa shape index (κ3) is 1.80. The molecule has 0 saturated heterocycles. The minimum Gasteiger partial charge on any atom is -0.508 e. The van der Waals surface area contributed by atoms with Crippen molar-refractivity contribution in [3.63, 3.8) is 0 Å². The number of phenolic OH excluding ortho intramolecular Hbond substituents is 1. The molecule has 0 aliphatic carbocycles. The first kappa shape index (κ1) is 7.79. The van der Waals surface area contributed by atoms with Gasteiger partial charge in [0.1, 0.15) is 5.75 Å². The second-order valence-corrected chi connectivity index (χ2v) is 2.43. The number of hydrogen-bond donors (Lipinski definition) is 1. The molecular weight excluding hydrogens is 140 g/mol. The molecule has 57 valence electrons. The van der Waals surface area contributed by atoms with E-state index in [4.69, 9.17) is 5.11 Å². The normalized spacial score (nSPS) is 12.5. The summed E-state index contributed by atoms with van der Waals surface area (Å²) in [5.41, 5.74) is 0.792. The van der Waals surface area contributed by atoms with Gasteiger partial charge >= 0.3 is 0 Å². The van der Waals surface area contributed by atoms with Crippen LogP contribution >= 0.6 is 0 Å². The van der Waals surface area contributed by atoms with Crippen molar-refractivity contribution in [2.75, 3.05) is 0 Å². The fourth-order valence-corrected chi connectivity index (χ4v) is 0.862. The lowest BCUT2D eigenvalue weighted by atomic mass is 10.0. The van der Waals surface area contributed by atoms with Gasteiger partial charge in [0.05, 0.1) is 0 Å². The Kier molecular flexibility index (Phi) is 2.26. The summed E-state index contributed by atoms with van der Waals surface area (Å²) < 4.78 is 0. The first-order chi connectivity index (χ1) is 5.24. The van der Waals surface area contributed by atoms with Gasteiger partial charge in [-0.05, 0) is 17.7 Å². The average Bonchev–Trinajstić information content (AvgIpc) is 2.03. The van der Waals surface area contributed by atoms with Crippen molar-refractivity contribution in [2.45, 2.75) is 12.8 Å². The average molecular weight is 149 g/mol. The van der Waals surface area contributed by atoms with E-state index >= 15 is 0 Å². The van der Waals surface area contributed by atoms with Crippen molar-refractivity contribution in [3.8, 4) is 5.75 Å². The van der Waals surface area contributed by atoms with E-state index < -0.39 is 0 Å². The molecule has 1 aromatic rings. The Balaban J connectivity index is 2.95. The summed E-state index contributed by atoms with van der Waals surface area (Å²) in [7, 11) is 0. The summed E-state index contributed by atoms with van der Waals surface area (Å²) in [5.74, 6) is -0.0771. The summed E-state index contributed by atoms with van der Waals surface area (Å²) in [6.07, 6.45) is 1.85. The molecule has 0 bridgehead atoms. The molecule has 1 rings (SSSR count). The Morgan fingerprint density at radius 1 is 1.55 bits per heavy atom. The molecule has 0 spiro atoms. The molecule has 1 N–H and O–H groups in total. The maximum Gasteiger partial charge on any atom is 0.206 e. The summed E-state index contributed by atoms with van der Waals surface area (Å²) in [4.78, 5) is 10.2. The summed E-state index contributed by atoms with van der Waals surface area (Å²) in [5, 5.41) is 9.03. The van der Waals surface area contributed by atoms with Gasteiger partial charge in [-0.1, -0.05) is 19.1 Å². The van der Waals surface area contributed by atoms with Gasteiger partial charge in [0.15, 0.2) is 0 Å². The number of hydrogen-bond acceptors (Lipinski definition) is 2. The lowest BCUT2D eigenvalue weighted by Gasteiger charge is -2.01. The zero-order chi connectivity index (χ0) is 8.27. The van der Waals surface area contributed by atoms with Crippen LogP contribution in [0.1, 0.15) is 18.4 Å². The minimum absolute atomic E-state index is 0.185. The van der Waals surface area contributed by atoms with Gasteiger partial charge in [-0.2, -0.15) is 0 Å². The van der Waals surface area contributed by atoms with Crippen LogP contribution in [-0.2, 0) is 4.79 Å². The molecule has 0 aromatic heterocycles. The van der Waals surface area contributed by atoms with Crippen molar-refractivity contribution in [1.82, 2.24) is 0 Å². The third-order valence-electron chi connectivity index (χ3n) is 1.55. The lowest BCUT2D eigenvalue weighted by molar-refractivity contribution is 0.474. The number of aromatic hydroxyl groups is 1. The Labute approximate surface area is 65.5 Å². The van der Waals surface area contributed by atoms with Gasteiger partial charge < -0.3 is 5.11 Å². The Bertz CT molecular complexity index is 255. The standard InChI is InChI=1S/C9H9O2/c1-7(6-10)8-3-2-4-9(11)5-8/h2-5,7,11H,1H3. The predicted octanol–water partition coefficient (Wildman–Crippen LogP) is 1.61. The highest BCUT2D eigenvalue weighted by atomic mass is 16.3. The first-order valence-corrected chi connectivity index (χ1v) is 3.40. The fourth-order valence-electron chi connectivity index (χ4n) is 0.862. The van der Waals surface area contributed by atoms with Crippen LogP contribution in [0.5, 0.6) is 5.75 Å². The van der Waals surface area contributed by atoms with Gasteiger partial charge in [0.2, 0.25) is 6.29 Å².